The lowest BCUT2D eigenvalue weighted by Crippen LogP contribution is -2.44. The number of rotatable bonds is 5. The molecule has 34 heavy (non-hydrogen) atoms. The van der Waals surface area contributed by atoms with Crippen LogP contribution in [0.15, 0.2) is 24.4 Å². The van der Waals surface area contributed by atoms with Crippen LogP contribution in [0.25, 0.3) is 10.9 Å². The molecular formula is C22H20F2N8OS. The van der Waals surface area contributed by atoms with E-state index < -0.39 is 11.6 Å². The van der Waals surface area contributed by atoms with Crippen molar-refractivity contribution in [2.45, 2.75) is 6.92 Å². The maximum atomic E-state index is 15.1. The van der Waals surface area contributed by atoms with Gasteiger partial charge in [0, 0.05) is 49.4 Å². The third-order valence-corrected chi connectivity index (χ3v) is 6.29. The molecule has 0 spiro atoms. The summed E-state index contributed by atoms with van der Waals surface area (Å²) in [5.74, 6) is -0.719. The summed E-state index contributed by atoms with van der Waals surface area (Å²) < 4.78 is 35.3. The smallest absolute Gasteiger partial charge is 0.326 e. The molecule has 4 aromatic rings. The van der Waals surface area contributed by atoms with Gasteiger partial charge in [-0.1, -0.05) is 11.3 Å². The van der Waals surface area contributed by atoms with E-state index >= 15 is 4.39 Å². The summed E-state index contributed by atoms with van der Waals surface area (Å²) in [7, 11) is 2.05. The van der Waals surface area contributed by atoms with E-state index in [0.717, 1.165) is 32.2 Å². The van der Waals surface area contributed by atoms with Crippen LogP contribution in [0.4, 0.5) is 25.5 Å². The number of thiazole rings is 1. The molecule has 3 aromatic heterocycles. The summed E-state index contributed by atoms with van der Waals surface area (Å²) in [6.07, 6.45) is 1.46. The number of aromatic amines is 1. The van der Waals surface area contributed by atoms with Crippen LogP contribution in [0.3, 0.4) is 0 Å². The van der Waals surface area contributed by atoms with Crippen LogP contribution in [0, 0.1) is 29.9 Å². The quantitative estimate of drug-likeness (QED) is 0.437. The largest absolute Gasteiger partial charge is 0.421 e. The minimum Gasteiger partial charge on any atom is -0.421 e. The van der Waals surface area contributed by atoms with Crippen LogP contribution in [0.2, 0.25) is 0 Å². The first-order valence-corrected chi connectivity index (χ1v) is 11.3. The standard InChI is InChI=1S/C22H20F2N8OS/c1-12-7-14-19(24)16(8-15(23)20(14)27-12)33-21-28-17(29-22-26-11-13(10-25)34-22)9-18(30-21)32-5-3-31(2)4-6-32/h7-9,11,27H,3-6H2,1-2H3,(H,26,28,29,30). The molecule has 0 unspecified atom stereocenters. The summed E-state index contributed by atoms with van der Waals surface area (Å²) in [6, 6.07) is 6.13. The molecule has 0 radical (unpaired) electrons. The molecular weight excluding hydrogens is 462 g/mol. The maximum absolute atomic E-state index is 15.1. The Hall–Kier alpha value is -3.82. The van der Waals surface area contributed by atoms with E-state index in [2.05, 4.69) is 35.1 Å². The number of halogens is 2. The van der Waals surface area contributed by atoms with E-state index in [1.807, 2.05) is 13.1 Å². The number of hydrogen-bond acceptors (Lipinski definition) is 9. The molecule has 4 heterocycles. The minimum absolute atomic E-state index is 0.0777. The van der Waals surface area contributed by atoms with Gasteiger partial charge < -0.3 is 24.8 Å². The highest BCUT2D eigenvalue weighted by atomic mass is 32.1. The minimum atomic E-state index is -0.706. The topological polar surface area (TPSA) is 106 Å². The average Bonchev–Trinajstić information content (AvgIpc) is 3.44. The normalized spacial score (nSPS) is 14.4. The number of nitrogens with zero attached hydrogens (tertiary/aromatic N) is 6. The SMILES string of the molecule is Cc1cc2c(F)c(Oc3nc(Nc4ncc(C#N)s4)cc(N4CCN(C)CC4)n3)cc(F)c2[nH]1. The van der Waals surface area contributed by atoms with Crippen molar-refractivity contribution < 1.29 is 13.5 Å². The lowest BCUT2D eigenvalue weighted by molar-refractivity contribution is 0.311. The molecule has 2 N–H and O–H groups in total. The van der Waals surface area contributed by atoms with E-state index in [4.69, 9.17) is 10.00 Å². The van der Waals surface area contributed by atoms with E-state index in [-0.39, 0.29) is 22.7 Å². The Bertz CT molecular complexity index is 1400. The lowest BCUT2D eigenvalue weighted by atomic mass is 10.2. The predicted molar refractivity (Wildman–Crippen MR) is 125 cm³/mol. The molecule has 0 amide bonds. The summed E-state index contributed by atoms with van der Waals surface area (Å²) in [4.78, 5) is 20.5. The molecule has 9 nitrogen and oxygen atoms in total. The Labute approximate surface area is 197 Å². The van der Waals surface area contributed by atoms with Crippen molar-refractivity contribution in [1.29, 1.82) is 5.26 Å². The van der Waals surface area contributed by atoms with Crippen LogP contribution in [0.5, 0.6) is 11.8 Å². The number of hydrogen-bond donors (Lipinski definition) is 2. The summed E-state index contributed by atoms with van der Waals surface area (Å²) in [5.41, 5.74) is 0.707. The Balaban J connectivity index is 1.51. The number of aryl methyl sites for hydroxylation is 1. The first-order chi connectivity index (χ1) is 16.4. The van der Waals surface area contributed by atoms with Gasteiger partial charge in [-0.25, -0.2) is 13.8 Å². The van der Waals surface area contributed by atoms with Gasteiger partial charge in [-0.15, -0.1) is 0 Å². The summed E-state index contributed by atoms with van der Waals surface area (Å²) in [6.45, 7) is 4.89. The van der Waals surface area contributed by atoms with Crippen LogP contribution in [0.1, 0.15) is 10.6 Å². The van der Waals surface area contributed by atoms with Gasteiger partial charge in [0.25, 0.3) is 0 Å². The molecule has 0 bridgehead atoms. The number of aromatic nitrogens is 4. The Morgan fingerprint density at radius 1 is 1.18 bits per heavy atom. The van der Waals surface area contributed by atoms with Crippen molar-refractivity contribution in [3.05, 3.63) is 46.6 Å². The molecule has 0 atom stereocenters. The molecule has 1 aliphatic heterocycles. The summed E-state index contributed by atoms with van der Waals surface area (Å²) >= 11 is 1.17. The maximum Gasteiger partial charge on any atom is 0.326 e. The molecule has 12 heteroatoms. The number of ether oxygens (including phenoxy) is 1. The molecule has 5 rings (SSSR count). The number of fused-ring (bicyclic) bond motifs is 1. The van der Waals surface area contributed by atoms with Gasteiger partial charge in [0.05, 0.1) is 11.7 Å². The lowest BCUT2D eigenvalue weighted by Gasteiger charge is -2.33. The Morgan fingerprint density at radius 2 is 1.97 bits per heavy atom. The number of nitriles is 1. The highest BCUT2D eigenvalue weighted by Gasteiger charge is 2.21. The van der Waals surface area contributed by atoms with Gasteiger partial charge >= 0.3 is 6.01 Å². The highest BCUT2D eigenvalue weighted by Crippen LogP contribution is 2.33. The van der Waals surface area contributed by atoms with E-state index in [0.29, 0.717) is 27.3 Å². The second-order valence-electron chi connectivity index (χ2n) is 7.96. The number of likely N-dealkylation sites (N-methyl/N-ethyl adjacent to an activating group) is 1. The average molecular weight is 483 g/mol. The second kappa shape index (κ2) is 8.85. The second-order valence-corrected chi connectivity index (χ2v) is 8.99. The van der Waals surface area contributed by atoms with E-state index in [1.54, 1.807) is 13.0 Å². The Morgan fingerprint density at radius 3 is 2.71 bits per heavy atom. The third kappa shape index (κ3) is 4.35. The van der Waals surface area contributed by atoms with Crippen molar-refractivity contribution >= 4 is 39.0 Å². The van der Waals surface area contributed by atoms with Crippen molar-refractivity contribution in [3.8, 4) is 17.8 Å². The van der Waals surface area contributed by atoms with E-state index in [9.17, 15) is 4.39 Å². The molecule has 1 aromatic carbocycles. The number of benzene rings is 1. The fourth-order valence-corrected chi connectivity index (χ4v) is 4.34. The van der Waals surface area contributed by atoms with Crippen molar-refractivity contribution in [1.82, 2.24) is 24.8 Å². The number of nitrogens with one attached hydrogen (secondary N) is 2. The van der Waals surface area contributed by atoms with Gasteiger partial charge in [0.15, 0.2) is 22.5 Å². The van der Waals surface area contributed by atoms with Gasteiger partial charge in [-0.2, -0.15) is 15.2 Å². The molecule has 1 fully saturated rings. The first-order valence-electron chi connectivity index (χ1n) is 10.5. The zero-order chi connectivity index (χ0) is 23.8. The Kier molecular flexibility index (Phi) is 5.72. The number of H-pyrrole nitrogens is 1. The van der Waals surface area contributed by atoms with Gasteiger partial charge in [0.1, 0.15) is 22.6 Å². The summed E-state index contributed by atoms with van der Waals surface area (Å²) in [5, 5.41) is 12.7. The highest BCUT2D eigenvalue weighted by molar-refractivity contribution is 7.16. The molecule has 1 saturated heterocycles. The fourth-order valence-electron chi connectivity index (χ4n) is 3.72. The zero-order valence-electron chi connectivity index (χ0n) is 18.4. The van der Waals surface area contributed by atoms with Crippen molar-refractivity contribution in [2.24, 2.45) is 0 Å². The zero-order valence-corrected chi connectivity index (χ0v) is 19.2. The van der Waals surface area contributed by atoms with E-state index in [1.165, 1.54) is 23.6 Å². The van der Waals surface area contributed by atoms with Crippen LogP contribution >= 0.6 is 11.3 Å². The van der Waals surface area contributed by atoms with Gasteiger partial charge in [-0.05, 0) is 20.0 Å². The predicted octanol–water partition coefficient (Wildman–Crippen LogP) is 4.16. The van der Waals surface area contributed by atoms with Gasteiger partial charge in [0.2, 0.25) is 0 Å². The number of piperazine rings is 1. The van der Waals surface area contributed by atoms with Crippen molar-refractivity contribution in [2.75, 3.05) is 43.4 Å². The third-order valence-electron chi connectivity index (χ3n) is 5.47. The number of anilines is 3. The van der Waals surface area contributed by atoms with Crippen LogP contribution in [-0.4, -0.2) is 58.1 Å². The van der Waals surface area contributed by atoms with Crippen LogP contribution < -0.4 is 15.0 Å². The monoisotopic (exact) mass is 482 g/mol. The van der Waals surface area contributed by atoms with Gasteiger partial charge in [-0.3, -0.25) is 0 Å². The first kappa shape index (κ1) is 22.0. The fraction of sp³-hybridized carbons (Fsp3) is 0.273. The molecule has 1 aliphatic rings. The molecule has 0 saturated carbocycles. The van der Waals surface area contributed by atoms with Crippen molar-refractivity contribution in [3.63, 3.8) is 0 Å². The molecule has 0 aliphatic carbocycles. The molecule has 174 valence electrons. The van der Waals surface area contributed by atoms with Crippen LogP contribution in [-0.2, 0) is 0 Å².